The van der Waals surface area contributed by atoms with Gasteiger partial charge >= 0.3 is 5.97 Å². The number of rotatable bonds is 6. The van der Waals surface area contributed by atoms with Crippen molar-refractivity contribution in [3.05, 3.63) is 23.8 Å². The van der Waals surface area contributed by atoms with Crippen LogP contribution in [0.1, 0.15) is 52.1 Å². The molecule has 2 aromatic heterocycles. The highest BCUT2D eigenvalue weighted by Gasteiger charge is 2.19. The zero-order chi connectivity index (χ0) is 19.3. The molecule has 7 nitrogen and oxygen atoms in total. The summed E-state index contributed by atoms with van der Waals surface area (Å²) in [5.41, 5.74) is 1.49. The van der Waals surface area contributed by atoms with Crippen LogP contribution in [0, 0.1) is 6.92 Å². The van der Waals surface area contributed by atoms with Gasteiger partial charge in [-0.25, -0.2) is 15.0 Å². The molecule has 0 amide bonds. The topological polar surface area (TPSA) is 97.6 Å². The van der Waals surface area contributed by atoms with Crippen LogP contribution in [0.4, 0.5) is 5.13 Å². The standard InChI is InChI=1S/C18H24N4O3S/c1-6-25-13(7-8-14(23)24)22-17-20-11(2)15(26-17)12-9-10-19-16(21-12)18(3,4)5/h9-10H,6-8H2,1-5H3,(H,23,24). The van der Waals surface area contributed by atoms with E-state index >= 15 is 0 Å². The molecule has 2 aromatic rings. The molecule has 0 aliphatic carbocycles. The van der Waals surface area contributed by atoms with Crippen LogP contribution in [-0.2, 0) is 14.9 Å². The van der Waals surface area contributed by atoms with Crippen LogP contribution in [0.3, 0.4) is 0 Å². The van der Waals surface area contributed by atoms with Crippen LogP contribution in [0.5, 0.6) is 0 Å². The number of aliphatic imine (C=N–C) groups is 1. The van der Waals surface area contributed by atoms with Crippen molar-refractivity contribution in [2.45, 2.75) is 52.9 Å². The summed E-state index contributed by atoms with van der Waals surface area (Å²) in [4.78, 5) is 29.6. The van der Waals surface area contributed by atoms with Crippen molar-refractivity contribution < 1.29 is 14.6 Å². The maximum atomic E-state index is 10.8. The molecular formula is C18H24N4O3S. The minimum absolute atomic E-state index is 0.0309. The minimum atomic E-state index is -0.885. The Balaban J connectivity index is 2.33. The molecule has 0 bridgehead atoms. The third-order valence-corrected chi connectivity index (χ3v) is 4.50. The van der Waals surface area contributed by atoms with Crippen LogP contribution < -0.4 is 0 Å². The molecule has 0 aliphatic rings. The molecular weight excluding hydrogens is 352 g/mol. The Bertz CT molecular complexity index is 809. The molecule has 140 valence electrons. The van der Waals surface area contributed by atoms with Crippen LogP contribution in [0.2, 0.25) is 0 Å². The van der Waals surface area contributed by atoms with Crippen molar-refractivity contribution in [1.82, 2.24) is 15.0 Å². The third kappa shape index (κ3) is 5.32. The summed E-state index contributed by atoms with van der Waals surface area (Å²) in [7, 11) is 0. The lowest BCUT2D eigenvalue weighted by Crippen LogP contribution is -2.15. The third-order valence-electron chi connectivity index (χ3n) is 3.43. The fourth-order valence-electron chi connectivity index (χ4n) is 2.16. The predicted molar refractivity (Wildman–Crippen MR) is 102 cm³/mol. The second kappa shape index (κ2) is 8.35. The number of carbonyl (C=O) groups is 1. The molecule has 0 unspecified atom stereocenters. The van der Waals surface area contributed by atoms with Crippen molar-refractivity contribution >= 4 is 28.3 Å². The van der Waals surface area contributed by atoms with E-state index in [2.05, 4.69) is 40.7 Å². The maximum absolute atomic E-state index is 10.8. The van der Waals surface area contributed by atoms with Gasteiger partial charge in [0, 0.05) is 18.0 Å². The Morgan fingerprint density at radius 1 is 1.31 bits per heavy atom. The maximum Gasteiger partial charge on any atom is 0.303 e. The Morgan fingerprint density at radius 3 is 2.65 bits per heavy atom. The van der Waals surface area contributed by atoms with E-state index < -0.39 is 5.97 Å². The lowest BCUT2D eigenvalue weighted by molar-refractivity contribution is -0.136. The van der Waals surface area contributed by atoms with Crippen LogP contribution in [-0.4, -0.2) is 38.5 Å². The molecule has 0 atom stereocenters. The summed E-state index contributed by atoms with van der Waals surface area (Å²) < 4.78 is 5.44. The number of thiazole rings is 1. The Kier molecular flexibility index (Phi) is 6.42. The van der Waals surface area contributed by atoms with Crippen molar-refractivity contribution in [1.29, 1.82) is 0 Å². The average molecular weight is 376 g/mol. The zero-order valence-electron chi connectivity index (χ0n) is 15.7. The summed E-state index contributed by atoms with van der Waals surface area (Å²) in [6, 6.07) is 1.86. The first kappa shape index (κ1) is 20.0. The highest BCUT2D eigenvalue weighted by Crippen LogP contribution is 2.34. The normalized spacial score (nSPS) is 12.3. The molecule has 0 fully saturated rings. The predicted octanol–water partition coefficient (Wildman–Crippen LogP) is 4.14. The lowest BCUT2D eigenvalue weighted by atomic mass is 9.95. The van der Waals surface area contributed by atoms with Gasteiger partial charge in [-0.05, 0) is 19.9 Å². The first-order valence-electron chi connectivity index (χ1n) is 8.44. The molecule has 0 saturated carbocycles. The van der Waals surface area contributed by atoms with Crippen LogP contribution in [0.15, 0.2) is 17.3 Å². The summed E-state index contributed by atoms with van der Waals surface area (Å²) >= 11 is 1.40. The number of hydrogen-bond acceptors (Lipinski definition) is 7. The number of nitrogens with zero attached hydrogens (tertiary/aromatic N) is 4. The number of hydrogen-bond donors (Lipinski definition) is 1. The summed E-state index contributed by atoms with van der Waals surface area (Å²) in [6.07, 6.45) is 1.96. The highest BCUT2D eigenvalue weighted by molar-refractivity contribution is 7.18. The van der Waals surface area contributed by atoms with Crippen molar-refractivity contribution in [3.8, 4) is 10.6 Å². The Labute approximate surface area is 157 Å². The van der Waals surface area contributed by atoms with Crippen molar-refractivity contribution in [2.24, 2.45) is 4.99 Å². The van der Waals surface area contributed by atoms with Gasteiger partial charge in [0.05, 0.1) is 29.3 Å². The Morgan fingerprint density at radius 2 is 2.04 bits per heavy atom. The quantitative estimate of drug-likeness (QED) is 0.601. The monoisotopic (exact) mass is 376 g/mol. The largest absolute Gasteiger partial charge is 0.481 e. The molecule has 26 heavy (non-hydrogen) atoms. The van der Waals surface area contributed by atoms with Crippen molar-refractivity contribution in [3.63, 3.8) is 0 Å². The molecule has 0 radical (unpaired) electrons. The van der Waals surface area contributed by atoms with E-state index in [1.807, 2.05) is 19.9 Å². The second-order valence-electron chi connectivity index (χ2n) is 6.76. The van der Waals surface area contributed by atoms with E-state index in [0.717, 1.165) is 22.1 Å². The molecule has 2 heterocycles. The number of aryl methyl sites for hydroxylation is 1. The lowest BCUT2D eigenvalue weighted by Gasteiger charge is -2.16. The van der Waals surface area contributed by atoms with Gasteiger partial charge in [-0.15, -0.1) is 0 Å². The van der Waals surface area contributed by atoms with Gasteiger partial charge < -0.3 is 9.84 Å². The molecule has 0 saturated heterocycles. The first-order valence-corrected chi connectivity index (χ1v) is 9.25. The summed E-state index contributed by atoms with van der Waals surface area (Å²) in [5.74, 6) is 0.265. The number of ether oxygens (including phenoxy) is 1. The zero-order valence-corrected chi connectivity index (χ0v) is 16.6. The van der Waals surface area contributed by atoms with Gasteiger partial charge in [0.25, 0.3) is 0 Å². The van der Waals surface area contributed by atoms with E-state index in [9.17, 15) is 4.79 Å². The number of aromatic nitrogens is 3. The van der Waals surface area contributed by atoms with E-state index in [4.69, 9.17) is 9.84 Å². The van der Waals surface area contributed by atoms with Gasteiger partial charge in [-0.1, -0.05) is 32.1 Å². The molecule has 0 aliphatic heterocycles. The van der Waals surface area contributed by atoms with Gasteiger partial charge in [-0.2, -0.15) is 4.99 Å². The highest BCUT2D eigenvalue weighted by atomic mass is 32.1. The van der Waals surface area contributed by atoms with E-state index in [0.29, 0.717) is 17.6 Å². The fraction of sp³-hybridized carbons (Fsp3) is 0.500. The smallest absolute Gasteiger partial charge is 0.303 e. The van der Waals surface area contributed by atoms with Gasteiger partial charge in [0.1, 0.15) is 5.82 Å². The van der Waals surface area contributed by atoms with Crippen LogP contribution >= 0.6 is 11.3 Å². The average Bonchev–Trinajstić information content (AvgIpc) is 2.92. The van der Waals surface area contributed by atoms with E-state index in [1.54, 1.807) is 6.20 Å². The van der Waals surface area contributed by atoms with Gasteiger partial charge in [0.15, 0.2) is 5.90 Å². The fourth-order valence-corrected chi connectivity index (χ4v) is 3.09. The summed E-state index contributed by atoms with van der Waals surface area (Å²) in [5, 5.41) is 9.38. The molecule has 2 rings (SSSR count). The SMILES string of the molecule is CCOC(CCC(=O)O)=Nc1nc(C)c(-c2ccnc(C(C)(C)C)n2)s1. The van der Waals surface area contributed by atoms with Crippen LogP contribution in [0.25, 0.3) is 10.6 Å². The van der Waals surface area contributed by atoms with Gasteiger partial charge in [-0.3, -0.25) is 4.79 Å². The van der Waals surface area contributed by atoms with Gasteiger partial charge in [0.2, 0.25) is 5.13 Å². The number of carboxylic acids is 1. The van der Waals surface area contributed by atoms with E-state index in [-0.39, 0.29) is 18.3 Å². The summed E-state index contributed by atoms with van der Waals surface area (Å²) in [6.45, 7) is 10.4. The molecule has 0 aromatic carbocycles. The number of carboxylic acid groups (broad SMARTS) is 1. The number of aliphatic carboxylic acids is 1. The Hall–Kier alpha value is -2.35. The van der Waals surface area contributed by atoms with E-state index in [1.165, 1.54) is 11.3 Å². The molecule has 1 N–H and O–H groups in total. The first-order chi connectivity index (χ1) is 12.2. The molecule has 0 spiro atoms. The molecule has 8 heteroatoms. The minimum Gasteiger partial charge on any atom is -0.481 e. The van der Waals surface area contributed by atoms with Crippen molar-refractivity contribution in [2.75, 3.05) is 6.61 Å². The second-order valence-corrected chi connectivity index (χ2v) is 7.74.